The molecule has 4 nitrogen and oxygen atoms in total. The lowest BCUT2D eigenvalue weighted by Gasteiger charge is -2.14. The summed E-state index contributed by atoms with van der Waals surface area (Å²) in [6.45, 7) is 6.79. The summed E-state index contributed by atoms with van der Waals surface area (Å²) in [5.41, 5.74) is 2.96. The zero-order valence-corrected chi connectivity index (χ0v) is 12.4. The first-order valence-corrected chi connectivity index (χ1v) is 6.65. The molecule has 0 fully saturated rings. The van der Waals surface area contributed by atoms with Crippen molar-refractivity contribution in [3.05, 3.63) is 46.5 Å². The minimum atomic E-state index is -0.918. The topological polar surface area (TPSA) is 63.1 Å². The smallest absolute Gasteiger partial charge is 0.310 e. The monoisotopic (exact) mass is 288 g/mol. The average molecular weight is 288 g/mol. The van der Waals surface area contributed by atoms with Crippen LogP contribution in [0.15, 0.2) is 18.2 Å². The van der Waals surface area contributed by atoms with E-state index in [2.05, 4.69) is 9.97 Å². The molecule has 0 saturated heterocycles. The second-order valence-electron chi connectivity index (χ2n) is 5.16. The van der Waals surface area contributed by atoms with Crippen LogP contribution < -0.4 is 0 Å². The van der Waals surface area contributed by atoms with E-state index in [1.54, 1.807) is 39.8 Å². The number of hydrogen-bond acceptors (Lipinski definition) is 3. The first kappa shape index (κ1) is 15.1. The Balaban J connectivity index is 2.53. The number of hydrogen-bond donors (Lipinski definition) is 1. The lowest BCUT2D eigenvalue weighted by Crippen LogP contribution is -2.13. The van der Waals surface area contributed by atoms with Gasteiger partial charge in [0.25, 0.3) is 0 Å². The van der Waals surface area contributed by atoms with Crippen LogP contribution in [0.2, 0.25) is 0 Å². The van der Waals surface area contributed by atoms with Crippen LogP contribution in [0.1, 0.15) is 35.4 Å². The molecule has 110 valence electrons. The van der Waals surface area contributed by atoms with E-state index in [1.807, 2.05) is 0 Å². The predicted octanol–water partition coefficient (Wildman–Crippen LogP) is 3.40. The minimum absolute atomic E-state index is 0.311. The molecule has 1 unspecified atom stereocenters. The first-order valence-electron chi connectivity index (χ1n) is 6.65. The molecule has 5 heteroatoms. The van der Waals surface area contributed by atoms with Gasteiger partial charge in [0.05, 0.1) is 5.92 Å². The molecule has 2 aromatic rings. The van der Waals surface area contributed by atoms with Crippen LogP contribution in [-0.4, -0.2) is 21.0 Å². The van der Waals surface area contributed by atoms with Gasteiger partial charge in [-0.2, -0.15) is 0 Å². The number of aryl methyl sites for hydroxylation is 3. The molecule has 0 saturated carbocycles. The van der Waals surface area contributed by atoms with E-state index in [4.69, 9.17) is 5.11 Å². The lowest BCUT2D eigenvalue weighted by molar-refractivity contribution is -0.138. The minimum Gasteiger partial charge on any atom is -0.481 e. The average Bonchev–Trinajstić information content (AvgIpc) is 2.40. The number of carbonyl (C=O) groups is 1. The van der Waals surface area contributed by atoms with Gasteiger partial charge in [0.1, 0.15) is 5.82 Å². The van der Waals surface area contributed by atoms with E-state index in [0.717, 1.165) is 0 Å². The van der Waals surface area contributed by atoms with E-state index in [1.165, 1.54) is 6.07 Å². The molecule has 0 amide bonds. The Labute approximate surface area is 122 Å². The molecule has 1 N–H and O–H groups in total. The predicted molar refractivity (Wildman–Crippen MR) is 77.7 cm³/mol. The molecule has 1 aromatic carbocycles. The molecular weight excluding hydrogens is 271 g/mol. The van der Waals surface area contributed by atoms with Crippen molar-refractivity contribution in [2.24, 2.45) is 0 Å². The Hall–Kier alpha value is -2.30. The molecule has 0 aliphatic carbocycles. The molecular formula is C16H17FN2O2. The van der Waals surface area contributed by atoms with Gasteiger partial charge in [0.15, 0.2) is 5.82 Å². The van der Waals surface area contributed by atoms with Gasteiger partial charge < -0.3 is 5.11 Å². The standard InChI is InChI=1S/C16H17FN2O2/c1-8-5-6-12(7-13(8)17)15-18-10(3)14(11(4)19-15)9(2)16(20)21/h5-7,9H,1-4H3,(H,20,21). The van der Waals surface area contributed by atoms with Gasteiger partial charge in [-0.3, -0.25) is 4.79 Å². The van der Waals surface area contributed by atoms with Crippen LogP contribution in [0.4, 0.5) is 4.39 Å². The molecule has 0 aliphatic rings. The fourth-order valence-corrected chi connectivity index (χ4v) is 2.34. The van der Waals surface area contributed by atoms with Crippen molar-refractivity contribution in [3.63, 3.8) is 0 Å². The van der Waals surface area contributed by atoms with Crippen molar-refractivity contribution < 1.29 is 14.3 Å². The summed E-state index contributed by atoms with van der Waals surface area (Å²) >= 11 is 0. The number of carboxylic acids is 1. The van der Waals surface area contributed by atoms with E-state index >= 15 is 0 Å². The second-order valence-corrected chi connectivity index (χ2v) is 5.16. The highest BCUT2D eigenvalue weighted by Gasteiger charge is 2.21. The van der Waals surface area contributed by atoms with Crippen LogP contribution in [0.3, 0.4) is 0 Å². The highest BCUT2D eigenvalue weighted by molar-refractivity contribution is 5.76. The summed E-state index contributed by atoms with van der Waals surface area (Å²) in [7, 11) is 0. The number of nitrogens with zero attached hydrogens (tertiary/aromatic N) is 2. The summed E-state index contributed by atoms with van der Waals surface area (Å²) in [6.07, 6.45) is 0. The zero-order chi connectivity index (χ0) is 15.7. The summed E-state index contributed by atoms with van der Waals surface area (Å²) in [6, 6.07) is 4.82. The third-order valence-electron chi connectivity index (χ3n) is 3.56. The van der Waals surface area contributed by atoms with Gasteiger partial charge in [-0.05, 0) is 39.3 Å². The quantitative estimate of drug-likeness (QED) is 0.940. The number of benzene rings is 1. The third kappa shape index (κ3) is 2.91. The molecule has 1 aromatic heterocycles. The molecule has 2 rings (SSSR count). The highest BCUT2D eigenvalue weighted by atomic mass is 19.1. The Kier molecular flexibility index (Phi) is 4.02. The number of carboxylic acid groups (broad SMARTS) is 1. The summed E-state index contributed by atoms with van der Waals surface area (Å²) in [5.74, 6) is -1.49. The largest absolute Gasteiger partial charge is 0.481 e. The summed E-state index contributed by atoms with van der Waals surface area (Å²) < 4.78 is 13.6. The molecule has 0 spiro atoms. The normalized spacial score (nSPS) is 12.2. The number of halogens is 1. The maximum atomic E-state index is 13.6. The molecule has 0 bridgehead atoms. The van der Waals surface area contributed by atoms with E-state index < -0.39 is 11.9 Å². The molecule has 0 radical (unpaired) electrons. The van der Waals surface area contributed by atoms with Gasteiger partial charge in [-0.25, -0.2) is 14.4 Å². The van der Waals surface area contributed by atoms with Crippen molar-refractivity contribution in [1.29, 1.82) is 0 Å². The van der Waals surface area contributed by atoms with Crippen molar-refractivity contribution >= 4 is 5.97 Å². The Morgan fingerprint density at radius 3 is 2.24 bits per heavy atom. The van der Waals surface area contributed by atoms with Crippen LogP contribution >= 0.6 is 0 Å². The van der Waals surface area contributed by atoms with E-state index in [0.29, 0.717) is 33.9 Å². The Morgan fingerprint density at radius 1 is 1.19 bits per heavy atom. The lowest BCUT2D eigenvalue weighted by atomic mass is 9.98. The SMILES string of the molecule is Cc1ccc(-c2nc(C)c(C(C)C(=O)O)c(C)n2)cc1F. The maximum absolute atomic E-state index is 13.6. The maximum Gasteiger partial charge on any atom is 0.310 e. The van der Waals surface area contributed by atoms with Gasteiger partial charge in [0.2, 0.25) is 0 Å². The van der Waals surface area contributed by atoms with Crippen LogP contribution in [-0.2, 0) is 4.79 Å². The number of rotatable bonds is 3. The van der Waals surface area contributed by atoms with Crippen molar-refractivity contribution in [2.45, 2.75) is 33.6 Å². The molecule has 1 heterocycles. The summed E-state index contributed by atoms with van der Waals surface area (Å²) in [4.78, 5) is 19.8. The van der Waals surface area contributed by atoms with Crippen molar-refractivity contribution in [2.75, 3.05) is 0 Å². The fourth-order valence-electron chi connectivity index (χ4n) is 2.34. The number of aromatic nitrogens is 2. The molecule has 0 aliphatic heterocycles. The van der Waals surface area contributed by atoms with E-state index in [9.17, 15) is 9.18 Å². The molecule has 1 atom stereocenters. The zero-order valence-electron chi connectivity index (χ0n) is 12.4. The van der Waals surface area contributed by atoms with E-state index in [-0.39, 0.29) is 5.82 Å². The van der Waals surface area contributed by atoms with Crippen molar-refractivity contribution in [1.82, 2.24) is 9.97 Å². The Bertz CT molecular complexity index is 690. The van der Waals surface area contributed by atoms with Gasteiger partial charge in [-0.1, -0.05) is 12.1 Å². The second kappa shape index (κ2) is 5.60. The van der Waals surface area contributed by atoms with Crippen molar-refractivity contribution in [3.8, 4) is 11.4 Å². The first-order chi connectivity index (χ1) is 9.81. The van der Waals surface area contributed by atoms with Gasteiger partial charge in [0, 0.05) is 22.5 Å². The number of aliphatic carboxylic acids is 1. The third-order valence-corrected chi connectivity index (χ3v) is 3.56. The summed E-state index contributed by atoms with van der Waals surface area (Å²) in [5, 5.41) is 9.13. The van der Waals surface area contributed by atoms with Crippen LogP contribution in [0, 0.1) is 26.6 Å². The van der Waals surface area contributed by atoms with Gasteiger partial charge >= 0.3 is 5.97 Å². The molecule has 21 heavy (non-hydrogen) atoms. The van der Waals surface area contributed by atoms with Crippen LogP contribution in [0.25, 0.3) is 11.4 Å². The highest BCUT2D eigenvalue weighted by Crippen LogP contribution is 2.25. The van der Waals surface area contributed by atoms with Gasteiger partial charge in [-0.15, -0.1) is 0 Å². The van der Waals surface area contributed by atoms with Crippen LogP contribution in [0.5, 0.6) is 0 Å². The Morgan fingerprint density at radius 2 is 1.76 bits per heavy atom. The fraction of sp³-hybridized carbons (Fsp3) is 0.312.